The molecular weight excluding hydrogens is 246 g/mol. The Morgan fingerprint density at radius 3 is 2.61 bits per heavy atom. The predicted molar refractivity (Wildman–Crippen MR) is 73.9 cm³/mol. The zero-order valence-corrected chi connectivity index (χ0v) is 11.0. The average Bonchev–Trinajstić information content (AvgIpc) is 2.80. The van der Waals surface area contributed by atoms with Crippen LogP contribution in [-0.4, -0.2) is 4.98 Å². The minimum absolute atomic E-state index is 0.761. The number of fused-ring (bicyclic) bond motifs is 1. The first-order valence-corrected chi connectivity index (χ1v) is 6.14. The molecule has 0 N–H and O–H groups in total. The molecule has 0 saturated heterocycles. The molecule has 3 heteroatoms. The molecule has 3 aromatic rings. The van der Waals surface area contributed by atoms with Crippen LogP contribution in [0.4, 0.5) is 0 Å². The van der Waals surface area contributed by atoms with Crippen LogP contribution < -0.4 is 0 Å². The summed E-state index contributed by atoms with van der Waals surface area (Å²) in [7, 11) is 0. The number of hydrogen-bond donors (Lipinski definition) is 0. The molecule has 0 amide bonds. The second-order valence-corrected chi connectivity index (χ2v) is 4.83. The van der Waals surface area contributed by atoms with Gasteiger partial charge >= 0.3 is 0 Å². The molecule has 0 saturated carbocycles. The SMILES string of the molecule is Cc1cc(Cl)ccc1-c1ccc2ocnc2c1C. The lowest BCUT2D eigenvalue weighted by Gasteiger charge is -2.09. The van der Waals surface area contributed by atoms with Crippen molar-refractivity contribution in [3.8, 4) is 11.1 Å². The quantitative estimate of drug-likeness (QED) is 0.628. The van der Waals surface area contributed by atoms with Crippen molar-refractivity contribution in [1.29, 1.82) is 0 Å². The van der Waals surface area contributed by atoms with Gasteiger partial charge in [-0.1, -0.05) is 23.7 Å². The second-order valence-electron chi connectivity index (χ2n) is 4.40. The molecule has 0 unspecified atom stereocenters. The summed E-state index contributed by atoms with van der Waals surface area (Å²) in [6.07, 6.45) is 1.48. The van der Waals surface area contributed by atoms with E-state index in [1.165, 1.54) is 17.5 Å². The van der Waals surface area contributed by atoms with Gasteiger partial charge in [-0.15, -0.1) is 0 Å². The molecule has 0 aliphatic carbocycles. The standard InChI is InChI=1S/C15H12ClNO/c1-9-7-11(16)3-4-12(9)13-5-6-14-15(10(13)2)17-8-18-14/h3-8H,1-2H3. The highest BCUT2D eigenvalue weighted by Gasteiger charge is 2.10. The summed E-state index contributed by atoms with van der Waals surface area (Å²) in [5.74, 6) is 0. The molecule has 0 fully saturated rings. The molecule has 0 atom stereocenters. The molecule has 0 spiro atoms. The van der Waals surface area contributed by atoms with E-state index in [0.29, 0.717) is 0 Å². The van der Waals surface area contributed by atoms with E-state index in [1.807, 2.05) is 24.3 Å². The van der Waals surface area contributed by atoms with Gasteiger partial charge in [0.25, 0.3) is 0 Å². The number of aryl methyl sites for hydroxylation is 2. The van der Waals surface area contributed by atoms with E-state index in [9.17, 15) is 0 Å². The van der Waals surface area contributed by atoms with Crippen LogP contribution >= 0.6 is 11.6 Å². The molecule has 3 rings (SSSR count). The largest absolute Gasteiger partial charge is 0.443 e. The Morgan fingerprint density at radius 1 is 1.06 bits per heavy atom. The Hall–Kier alpha value is -1.80. The third-order valence-electron chi connectivity index (χ3n) is 3.23. The predicted octanol–water partition coefficient (Wildman–Crippen LogP) is 4.77. The summed E-state index contributed by atoms with van der Waals surface area (Å²) in [6, 6.07) is 9.96. The Bertz CT molecular complexity index is 730. The average molecular weight is 258 g/mol. The normalized spacial score (nSPS) is 11.1. The van der Waals surface area contributed by atoms with E-state index < -0.39 is 0 Å². The second kappa shape index (κ2) is 4.14. The summed E-state index contributed by atoms with van der Waals surface area (Å²) in [5, 5.41) is 0.761. The summed E-state index contributed by atoms with van der Waals surface area (Å²) < 4.78 is 5.31. The molecule has 18 heavy (non-hydrogen) atoms. The third kappa shape index (κ3) is 1.70. The van der Waals surface area contributed by atoms with Gasteiger partial charge in [0.05, 0.1) is 0 Å². The smallest absolute Gasteiger partial charge is 0.181 e. The highest BCUT2D eigenvalue weighted by molar-refractivity contribution is 6.30. The number of nitrogens with zero attached hydrogens (tertiary/aromatic N) is 1. The fourth-order valence-electron chi connectivity index (χ4n) is 2.29. The summed E-state index contributed by atoms with van der Waals surface area (Å²) in [6.45, 7) is 4.13. The molecule has 0 radical (unpaired) electrons. The maximum absolute atomic E-state index is 5.99. The van der Waals surface area contributed by atoms with Crippen LogP contribution in [0.1, 0.15) is 11.1 Å². The molecule has 1 heterocycles. The summed E-state index contributed by atoms with van der Waals surface area (Å²) in [5.41, 5.74) is 6.39. The summed E-state index contributed by atoms with van der Waals surface area (Å²) in [4.78, 5) is 4.26. The Morgan fingerprint density at radius 2 is 1.83 bits per heavy atom. The highest BCUT2D eigenvalue weighted by atomic mass is 35.5. The lowest BCUT2D eigenvalue weighted by atomic mass is 9.96. The first-order valence-electron chi connectivity index (χ1n) is 5.76. The number of halogens is 1. The molecule has 2 nitrogen and oxygen atoms in total. The van der Waals surface area contributed by atoms with E-state index in [4.69, 9.17) is 16.0 Å². The summed E-state index contributed by atoms with van der Waals surface area (Å²) >= 11 is 5.99. The lowest BCUT2D eigenvalue weighted by Crippen LogP contribution is -1.88. The highest BCUT2D eigenvalue weighted by Crippen LogP contribution is 2.32. The topological polar surface area (TPSA) is 26.0 Å². The number of oxazole rings is 1. The number of benzene rings is 2. The van der Waals surface area contributed by atoms with Crippen LogP contribution in [0.5, 0.6) is 0 Å². The van der Waals surface area contributed by atoms with Crippen LogP contribution in [0.3, 0.4) is 0 Å². The van der Waals surface area contributed by atoms with Crippen molar-refractivity contribution in [2.75, 3.05) is 0 Å². The van der Waals surface area contributed by atoms with Crippen LogP contribution in [0.15, 0.2) is 41.1 Å². The molecule has 0 bridgehead atoms. The Balaban J connectivity index is 2.27. The number of aromatic nitrogens is 1. The zero-order chi connectivity index (χ0) is 12.7. The zero-order valence-electron chi connectivity index (χ0n) is 10.2. The minimum Gasteiger partial charge on any atom is -0.443 e. The van der Waals surface area contributed by atoms with E-state index >= 15 is 0 Å². The van der Waals surface area contributed by atoms with Gasteiger partial charge in [0.15, 0.2) is 12.0 Å². The van der Waals surface area contributed by atoms with E-state index in [-0.39, 0.29) is 0 Å². The van der Waals surface area contributed by atoms with E-state index in [0.717, 1.165) is 27.2 Å². The Labute approximate surface area is 110 Å². The molecule has 1 aromatic heterocycles. The van der Waals surface area contributed by atoms with Crippen molar-refractivity contribution in [3.63, 3.8) is 0 Å². The monoisotopic (exact) mass is 257 g/mol. The van der Waals surface area contributed by atoms with Crippen LogP contribution in [0.2, 0.25) is 5.02 Å². The van der Waals surface area contributed by atoms with Crippen LogP contribution in [0, 0.1) is 13.8 Å². The maximum atomic E-state index is 5.99. The molecule has 0 aliphatic rings. The van der Waals surface area contributed by atoms with Gasteiger partial charge in [0, 0.05) is 5.02 Å². The van der Waals surface area contributed by atoms with Gasteiger partial charge in [-0.2, -0.15) is 0 Å². The van der Waals surface area contributed by atoms with Crippen LogP contribution in [0.25, 0.3) is 22.2 Å². The molecular formula is C15H12ClNO. The number of hydrogen-bond acceptors (Lipinski definition) is 2. The van der Waals surface area contributed by atoms with Crippen molar-refractivity contribution in [3.05, 3.63) is 52.9 Å². The van der Waals surface area contributed by atoms with Crippen LogP contribution in [-0.2, 0) is 0 Å². The van der Waals surface area contributed by atoms with Gasteiger partial charge in [0.2, 0.25) is 0 Å². The Kier molecular flexibility index (Phi) is 2.60. The van der Waals surface area contributed by atoms with Gasteiger partial charge in [-0.05, 0) is 54.3 Å². The van der Waals surface area contributed by atoms with Crippen molar-refractivity contribution in [2.45, 2.75) is 13.8 Å². The van der Waals surface area contributed by atoms with Crippen molar-refractivity contribution >= 4 is 22.7 Å². The molecule has 90 valence electrons. The van der Waals surface area contributed by atoms with E-state index in [2.05, 4.69) is 24.9 Å². The molecule has 0 aliphatic heterocycles. The van der Waals surface area contributed by atoms with Gasteiger partial charge in [-0.25, -0.2) is 4.98 Å². The third-order valence-corrected chi connectivity index (χ3v) is 3.47. The first kappa shape index (κ1) is 11.3. The molecule has 2 aromatic carbocycles. The minimum atomic E-state index is 0.761. The van der Waals surface area contributed by atoms with Gasteiger partial charge < -0.3 is 4.42 Å². The maximum Gasteiger partial charge on any atom is 0.181 e. The van der Waals surface area contributed by atoms with Crippen molar-refractivity contribution in [2.24, 2.45) is 0 Å². The van der Waals surface area contributed by atoms with Crippen molar-refractivity contribution in [1.82, 2.24) is 4.98 Å². The van der Waals surface area contributed by atoms with Crippen molar-refractivity contribution < 1.29 is 4.42 Å². The van der Waals surface area contributed by atoms with Gasteiger partial charge in [-0.3, -0.25) is 0 Å². The lowest BCUT2D eigenvalue weighted by molar-refractivity contribution is 0.602. The van der Waals surface area contributed by atoms with E-state index in [1.54, 1.807) is 0 Å². The fourth-order valence-corrected chi connectivity index (χ4v) is 2.51. The fraction of sp³-hybridized carbons (Fsp3) is 0.133. The van der Waals surface area contributed by atoms with Gasteiger partial charge in [0.1, 0.15) is 5.52 Å². The number of rotatable bonds is 1. The first-order chi connectivity index (χ1) is 8.66.